The summed E-state index contributed by atoms with van der Waals surface area (Å²) < 4.78 is 11.6. The molecule has 4 saturated carbocycles. The molecule has 0 spiro atoms. The predicted octanol–water partition coefficient (Wildman–Crippen LogP) is 5.02. The molecule has 0 aromatic carbocycles. The smallest absolute Gasteiger partial charge is 0.316 e. The van der Waals surface area contributed by atoms with E-state index in [0.717, 1.165) is 31.3 Å². The maximum atomic E-state index is 14.4. The van der Waals surface area contributed by atoms with Gasteiger partial charge in [0.1, 0.15) is 6.10 Å². The van der Waals surface area contributed by atoms with Gasteiger partial charge >= 0.3 is 11.9 Å². The van der Waals surface area contributed by atoms with Gasteiger partial charge in [-0.05, 0) is 91.6 Å². The number of ether oxygens (including phenoxy) is 2. The first-order valence-corrected chi connectivity index (χ1v) is 14.4. The first-order chi connectivity index (χ1) is 17.1. The minimum absolute atomic E-state index is 0.0765. The summed E-state index contributed by atoms with van der Waals surface area (Å²) in [6, 6.07) is 0. The van der Waals surface area contributed by atoms with Gasteiger partial charge < -0.3 is 14.6 Å². The second kappa shape index (κ2) is 7.28. The second-order valence-corrected chi connectivity index (χ2v) is 15.1. The molecule has 6 rings (SSSR count). The Morgan fingerprint density at radius 1 is 0.973 bits per heavy atom. The quantitative estimate of drug-likeness (QED) is 0.497. The number of ketones is 1. The van der Waals surface area contributed by atoms with Gasteiger partial charge in [0.05, 0.1) is 24.0 Å². The minimum Gasteiger partial charge on any atom is -0.468 e. The first-order valence-electron chi connectivity index (χ1n) is 14.4. The van der Waals surface area contributed by atoms with Crippen molar-refractivity contribution in [1.82, 2.24) is 0 Å². The van der Waals surface area contributed by atoms with Crippen LogP contribution in [0, 0.1) is 50.2 Å². The Labute approximate surface area is 220 Å². The van der Waals surface area contributed by atoms with Gasteiger partial charge in [-0.2, -0.15) is 0 Å². The zero-order valence-electron chi connectivity index (χ0n) is 23.6. The van der Waals surface area contributed by atoms with E-state index in [4.69, 9.17) is 9.47 Å². The lowest BCUT2D eigenvalue weighted by Gasteiger charge is -2.69. The van der Waals surface area contributed by atoms with Gasteiger partial charge in [0.2, 0.25) is 0 Å². The lowest BCUT2D eigenvalue weighted by atomic mass is 9.33. The lowest BCUT2D eigenvalue weighted by Crippen LogP contribution is -2.69. The number of carbonyl (C=O) groups excluding carboxylic acids is 3. The van der Waals surface area contributed by atoms with Crippen molar-refractivity contribution in [2.24, 2.45) is 50.2 Å². The Bertz CT molecular complexity index is 1120. The van der Waals surface area contributed by atoms with Crippen LogP contribution in [-0.2, 0) is 23.9 Å². The minimum atomic E-state index is -0.894. The first kappa shape index (κ1) is 25.6. The van der Waals surface area contributed by atoms with Crippen molar-refractivity contribution in [3.8, 4) is 0 Å². The molecule has 37 heavy (non-hydrogen) atoms. The average molecular weight is 513 g/mol. The van der Waals surface area contributed by atoms with E-state index < -0.39 is 16.2 Å². The summed E-state index contributed by atoms with van der Waals surface area (Å²) in [4.78, 5) is 41.4. The highest BCUT2D eigenvalue weighted by molar-refractivity contribution is 5.99. The van der Waals surface area contributed by atoms with Crippen molar-refractivity contribution in [3.63, 3.8) is 0 Å². The van der Waals surface area contributed by atoms with Gasteiger partial charge in [0.15, 0.2) is 5.78 Å². The SMILES string of the molecule is COC(=O)[C@@]12CC[C@@]3(C)[C@H]4C[C@@](C)(C[C@H]3C1=CC(=O)[C@@H]1[C@@]3(C)CC[C@H](O)C(C)(C)[C@@H]3CC[C@]12C)C(=O)O4. The Balaban J connectivity index is 1.55. The molecule has 6 nitrogen and oxygen atoms in total. The van der Waals surface area contributed by atoms with Gasteiger partial charge in [-0.25, -0.2) is 0 Å². The zero-order valence-corrected chi connectivity index (χ0v) is 23.6. The van der Waals surface area contributed by atoms with Gasteiger partial charge in [-0.3, -0.25) is 14.4 Å². The van der Waals surface area contributed by atoms with Crippen molar-refractivity contribution in [1.29, 1.82) is 0 Å². The molecule has 1 saturated heterocycles. The number of methoxy groups -OCH3 is 1. The maximum Gasteiger partial charge on any atom is 0.316 e. The third-order valence-electron chi connectivity index (χ3n) is 13.3. The topological polar surface area (TPSA) is 89.9 Å². The van der Waals surface area contributed by atoms with Crippen LogP contribution < -0.4 is 0 Å². The van der Waals surface area contributed by atoms with E-state index in [-0.39, 0.29) is 63.9 Å². The normalized spacial score (nSPS) is 53.6. The van der Waals surface area contributed by atoms with Gasteiger partial charge in [0, 0.05) is 17.8 Å². The van der Waals surface area contributed by atoms with Gasteiger partial charge in [-0.15, -0.1) is 0 Å². The van der Waals surface area contributed by atoms with Crippen LogP contribution in [0.15, 0.2) is 11.6 Å². The van der Waals surface area contributed by atoms with Gasteiger partial charge in [-0.1, -0.05) is 34.6 Å². The molecule has 10 atom stereocenters. The molecule has 6 aliphatic rings. The summed E-state index contributed by atoms with van der Waals surface area (Å²) in [5, 5.41) is 10.9. The molecule has 1 aliphatic heterocycles. The van der Waals surface area contributed by atoms with Crippen molar-refractivity contribution in [2.75, 3.05) is 7.11 Å². The molecule has 204 valence electrons. The molecule has 2 bridgehead atoms. The maximum absolute atomic E-state index is 14.4. The van der Waals surface area contributed by atoms with E-state index in [1.807, 2.05) is 13.0 Å². The Morgan fingerprint density at radius 3 is 2.35 bits per heavy atom. The highest BCUT2D eigenvalue weighted by atomic mass is 16.6. The van der Waals surface area contributed by atoms with E-state index in [1.54, 1.807) is 0 Å². The molecule has 5 fully saturated rings. The molecule has 1 N–H and O–H groups in total. The van der Waals surface area contributed by atoms with Crippen LogP contribution in [0.3, 0.4) is 0 Å². The Morgan fingerprint density at radius 2 is 1.68 bits per heavy atom. The van der Waals surface area contributed by atoms with Crippen LogP contribution in [0.5, 0.6) is 0 Å². The molecular formula is C31H44O6. The lowest BCUT2D eigenvalue weighted by molar-refractivity contribution is -0.214. The third-order valence-corrected chi connectivity index (χ3v) is 13.3. The summed E-state index contributed by atoms with van der Waals surface area (Å²) >= 11 is 0. The molecule has 1 heterocycles. The Kier molecular flexibility index (Phi) is 5.03. The van der Waals surface area contributed by atoms with Gasteiger partial charge in [0.25, 0.3) is 0 Å². The van der Waals surface area contributed by atoms with Crippen LogP contribution in [0.25, 0.3) is 0 Å². The summed E-state index contributed by atoms with van der Waals surface area (Å²) in [6.45, 7) is 12.9. The highest BCUT2D eigenvalue weighted by Crippen LogP contribution is 2.76. The molecule has 0 unspecified atom stereocenters. The van der Waals surface area contributed by atoms with Crippen LogP contribution in [-0.4, -0.2) is 42.1 Å². The Hall–Kier alpha value is -1.69. The van der Waals surface area contributed by atoms with E-state index in [9.17, 15) is 19.5 Å². The average Bonchev–Trinajstić information content (AvgIpc) is 3.08. The zero-order chi connectivity index (χ0) is 27.0. The number of aliphatic hydroxyl groups excluding tert-OH is 1. The molecular weight excluding hydrogens is 468 g/mol. The molecule has 5 aliphatic carbocycles. The number of aliphatic hydroxyl groups is 1. The highest BCUT2D eigenvalue weighted by Gasteiger charge is 2.75. The monoisotopic (exact) mass is 512 g/mol. The van der Waals surface area contributed by atoms with Crippen LogP contribution in [0.2, 0.25) is 0 Å². The largest absolute Gasteiger partial charge is 0.468 e. The van der Waals surface area contributed by atoms with Crippen molar-refractivity contribution < 1.29 is 29.0 Å². The molecule has 0 aromatic heterocycles. The number of rotatable bonds is 1. The van der Waals surface area contributed by atoms with Crippen LogP contribution in [0.4, 0.5) is 0 Å². The third kappa shape index (κ3) is 2.74. The summed E-state index contributed by atoms with van der Waals surface area (Å²) in [5.74, 6) is -0.442. The van der Waals surface area contributed by atoms with E-state index in [2.05, 4.69) is 34.6 Å². The predicted molar refractivity (Wildman–Crippen MR) is 137 cm³/mol. The molecule has 0 radical (unpaired) electrons. The summed E-state index contributed by atoms with van der Waals surface area (Å²) in [7, 11) is 1.48. The fourth-order valence-electron chi connectivity index (χ4n) is 11.2. The van der Waals surface area contributed by atoms with Crippen LogP contribution >= 0.6 is 0 Å². The number of carbonyl (C=O) groups is 3. The molecule has 0 amide bonds. The second-order valence-electron chi connectivity index (χ2n) is 15.1. The number of hydrogen-bond acceptors (Lipinski definition) is 6. The van der Waals surface area contributed by atoms with E-state index in [0.29, 0.717) is 25.7 Å². The number of hydrogen-bond donors (Lipinski definition) is 1. The van der Waals surface area contributed by atoms with Crippen LogP contribution in [0.1, 0.15) is 92.9 Å². The summed E-state index contributed by atoms with van der Waals surface area (Å²) in [6.07, 6.45) is 7.00. The van der Waals surface area contributed by atoms with E-state index in [1.165, 1.54) is 7.11 Å². The molecule has 6 heteroatoms. The molecule has 0 aromatic rings. The van der Waals surface area contributed by atoms with Crippen molar-refractivity contribution in [3.05, 3.63) is 11.6 Å². The standard InChI is InChI=1S/C31H44O6/c1-26(2)20-8-11-30(6)23(29(20,5)10-9-21(26)33)19(32)14-17-18-15-27(3)16-22(37-24(27)34)28(18,4)12-13-31(17,30)25(35)36-7/h14,18,20-23,33H,8-13,15-16H2,1-7H3/t18-,20-,21-,22+,23+,27+,28+,29-,30+,31+/m0/s1. The van der Waals surface area contributed by atoms with Crippen molar-refractivity contribution in [2.45, 2.75) is 105 Å². The summed E-state index contributed by atoms with van der Waals surface area (Å²) in [5.41, 5.74) is -2.06. The number of esters is 2. The number of fused-ring (bicyclic) bond motifs is 10. The number of allylic oxidation sites excluding steroid dienone is 1. The fraction of sp³-hybridized carbons (Fsp3) is 0.839. The van der Waals surface area contributed by atoms with E-state index >= 15 is 0 Å². The van der Waals surface area contributed by atoms with Crippen molar-refractivity contribution >= 4 is 17.7 Å². The fourth-order valence-corrected chi connectivity index (χ4v) is 11.2.